The Kier molecular flexibility index (Phi) is 6.82. The normalized spacial score (nSPS) is 9.92. The molecule has 0 N–H and O–H groups in total. The molecule has 0 bridgehead atoms. The Morgan fingerprint density at radius 1 is 1.17 bits per heavy atom. The van der Waals surface area contributed by atoms with E-state index in [1.807, 2.05) is 11.8 Å². The van der Waals surface area contributed by atoms with Crippen molar-refractivity contribution in [3.8, 4) is 0 Å². The summed E-state index contributed by atoms with van der Waals surface area (Å²) in [5, 5.41) is 0. The van der Waals surface area contributed by atoms with Gasteiger partial charge in [0.1, 0.15) is 0 Å². The molecular formula is C10H20NO. The summed E-state index contributed by atoms with van der Waals surface area (Å²) in [4.78, 5) is 13.3. The molecule has 0 aromatic carbocycles. The molecule has 0 saturated heterocycles. The monoisotopic (exact) mass is 170 g/mol. The van der Waals surface area contributed by atoms with Crippen LogP contribution in [-0.4, -0.2) is 23.9 Å². The Morgan fingerprint density at radius 2 is 1.67 bits per heavy atom. The average molecular weight is 170 g/mol. The number of carbonyl (C=O) groups is 1. The van der Waals surface area contributed by atoms with Crippen molar-refractivity contribution in [3.05, 3.63) is 6.42 Å². The summed E-state index contributed by atoms with van der Waals surface area (Å²) in [6, 6.07) is 0. The average Bonchev–Trinajstić information content (AvgIpc) is 2.04. The van der Waals surface area contributed by atoms with Gasteiger partial charge in [-0.2, -0.15) is 0 Å². The van der Waals surface area contributed by atoms with Gasteiger partial charge in [0.05, 0.1) is 0 Å². The highest BCUT2D eigenvalue weighted by Crippen LogP contribution is 1.99. The zero-order valence-corrected chi connectivity index (χ0v) is 8.47. The first-order valence-corrected chi connectivity index (χ1v) is 4.88. The first kappa shape index (κ1) is 11.5. The molecule has 0 saturated carbocycles. The Bertz CT molecular complexity index is 117. The molecule has 71 valence electrons. The van der Waals surface area contributed by atoms with E-state index in [0.29, 0.717) is 0 Å². The summed E-state index contributed by atoms with van der Waals surface area (Å²) in [5.74, 6) is 0.196. The van der Waals surface area contributed by atoms with Gasteiger partial charge in [-0.1, -0.05) is 20.8 Å². The second-order valence-electron chi connectivity index (χ2n) is 2.94. The van der Waals surface area contributed by atoms with Crippen molar-refractivity contribution < 1.29 is 4.79 Å². The molecule has 12 heavy (non-hydrogen) atoms. The van der Waals surface area contributed by atoms with Crippen molar-refractivity contribution in [1.82, 2.24) is 4.90 Å². The molecule has 0 rings (SSSR count). The number of nitrogens with zero attached hydrogens (tertiary/aromatic N) is 1. The maximum absolute atomic E-state index is 11.4. The van der Waals surface area contributed by atoms with Crippen LogP contribution in [-0.2, 0) is 4.79 Å². The molecule has 0 spiro atoms. The Labute approximate surface area is 75.9 Å². The predicted octanol–water partition coefficient (Wildman–Crippen LogP) is 2.25. The third kappa shape index (κ3) is 4.37. The fourth-order valence-electron chi connectivity index (χ4n) is 1.18. The van der Waals surface area contributed by atoms with Gasteiger partial charge in [0, 0.05) is 19.5 Å². The van der Waals surface area contributed by atoms with Crippen LogP contribution in [0.3, 0.4) is 0 Å². The smallest absolute Gasteiger partial charge is 0.226 e. The van der Waals surface area contributed by atoms with E-state index in [2.05, 4.69) is 13.8 Å². The lowest BCUT2D eigenvalue weighted by atomic mass is 10.2. The molecule has 1 amide bonds. The molecule has 0 aliphatic heterocycles. The molecule has 2 heteroatoms. The van der Waals surface area contributed by atoms with Crippen LogP contribution in [0.2, 0.25) is 0 Å². The molecule has 1 radical (unpaired) electrons. The molecule has 0 aromatic rings. The van der Waals surface area contributed by atoms with E-state index in [4.69, 9.17) is 0 Å². The Morgan fingerprint density at radius 3 is 2.00 bits per heavy atom. The lowest BCUT2D eigenvalue weighted by Crippen LogP contribution is -2.32. The van der Waals surface area contributed by atoms with Gasteiger partial charge in [-0.25, -0.2) is 0 Å². The van der Waals surface area contributed by atoms with Gasteiger partial charge in [-0.05, 0) is 19.3 Å². The van der Waals surface area contributed by atoms with Gasteiger partial charge < -0.3 is 4.90 Å². The Hall–Kier alpha value is -0.530. The fourth-order valence-corrected chi connectivity index (χ4v) is 1.18. The van der Waals surface area contributed by atoms with E-state index in [0.717, 1.165) is 32.4 Å². The maximum Gasteiger partial charge on any atom is 0.226 e. The summed E-state index contributed by atoms with van der Waals surface area (Å²) >= 11 is 0. The largest absolute Gasteiger partial charge is 0.342 e. The van der Waals surface area contributed by atoms with E-state index in [1.165, 1.54) is 0 Å². The van der Waals surface area contributed by atoms with Crippen LogP contribution in [0.1, 0.15) is 40.0 Å². The van der Waals surface area contributed by atoms with Crippen molar-refractivity contribution in [2.45, 2.75) is 40.0 Å². The van der Waals surface area contributed by atoms with Gasteiger partial charge >= 0.3 is 0 Å². The SMILES string of the molecule is CC[CH]C(=O)N(CCC)CCC. The summed E-state index contributed by atoms with van der Waals surface area (Å²) < 4.78 is 0. The molecule has 0 aliphatic carbocycles. The Balaban J connectivity index is 3.81. The molecule has 0 unspecified atom stereocenters. The third-order valence-corrected chi connectivity index (χ3v) is 1.68. The third-order valence-electron chi connectivity index (χ3n) is 1.68. The van der Waals surface area contributed by atoms with Crippen LogP contribution in [0.15, 0.2) is 0 Å². The number of hydrogen-bond donors (Lipinski definition) is 0. The van der Waals surface area contributed by atoms with Crippen LogP contribution in [0, 0.1) is 6.42 Å². The maximum atomic E-state index is 11.4. The minimum atomic E-state index is 0.196. The van der Waals surface area contributed by atoms with Crippen molar-refractivity contribution in [2.75, 3.05) is 13.1 Å². The van der Waals surface area contributed by atoms with Gasteiger partial charge in [0.25, 0.3) is 0 Å². The second-order valence-corrected chi connectivity index (χ2v) is 2.94. The van der Waals surface area contributed by atoms with Gasteiger partial charge in [-0.15, -0.1) is 0 Å². The van der Waals surface area contributed by atoms with E-state index in [-0.39, 0.29) is 5.91 Å². The van der Waals surface area contributed by atoms with E-state index < -0.39 is 0 Å². The lowest BCUT2D eigenvalue weighted by molar-refractivity contribution is -0.127. The highest BCUT2D eigenvalue weighted by Gasteiger charge is 2.09. The van der Waals surface area contributed by atoms with Crippen LogP contribution in [0.25, 0.3) is 0 Å². The molecular weight excluding hydrogens is 150 g/mol. The number of hydrogen-bond acceptors (Lipinski definition) is 1. The first-order valence-electron chi connectivity index (χ1n) is 4.88. The van der Waals surface area contributed by atoms with E-state index in [9.17, 15) is 4.79 Å². The first-order chi connectivity index (χ1) is 5.76. The van der Waals surface area contributed by atoms with E-state index >= 15 is 0 Å². The zero-order chi connectivity index (χ0) is 9.40. The summed E-state index contributed by atoms with van der Waals surface area (Å²) in [6.45, 7) is 7.98. The molecule has 2 nitrogen and oxygen atoms in total. The molecule has 0 atom stereocenters. The molecule has 0 aliphatic rings. The minimum Gasteiger partial charge on any atom is -0.342 e. The van der Waals surface area contributed by atoms with Crippen molar-refractivity contribution in [1.29, 1.82) is 0 Å². The summed E-state index contributed by atoms with van der Waals surface area (Å²) in [7, 11) is 0. The van der Waals surface area contributed by atoms with Gasteiger partial charge in [0.15, 0.2) is 0 Å². The molecule has 0 fully saturated rings. The van der Waals surface area contributed by atoms with Crippen LogP contribution >= 0.6 is 0 Å². The molecule has 0 heterocycles. The standard InChI is InChI=1S/C10H20NO/c1-4-7-10(12)11(8-5-2)9-6-3/h7H,4-6,8-9H2,1-3H3. The van der Waals surface area contributed by atoms with Gasteiger partial charge in [-0.3, -0.25) is 4.79 Å². The highest BCUT2D eigenvalue weighted by atomic mass is 16.2. The summed E-state index contributed by atoms with van der Waals surface area (Å²) in [5.41, 5.74) is 0. The highest BCUT2D eigenvalue weighted by molar-refractivity contribution is 5.84. The van der Waals surface area contributed by atoms with Crippen LogP contribution in [0.5, 0.6) is 0 Å². The fraction of sp³-hybridized carbons (Fsp3) is 0.800. The second kappa shape index (κ2) is 7.14. The molecule has 0 aromatic heterocycles. The topological polar surface area (TPSA) is 20.3 Å². The number of carbonyl (C=O) groups excluding carboxylic acids is 1. The van der Waals surface area contributed by atoms with Crippen LogP contribution < -0.4 is 0 Å². The minimum absolute atomic E-state index is 0.196. The van der Waals surface area contributed by atoms with E-state index in [1.54, 1.807) is 6.42 Å². The van der Waals surface area contributed by atoms with Crippen LogP contribution in [0.4, 0.5) is 0 Å². The predicted molar refractivity (Wildman–Crippen MR) is 51.8 cm³/mol. The van der Waals surface area contributed by atoms with Gasteiger partial charge in [0.2, 0.25) is 5.91 Å². The van der Waals surface area contributed by atoms with Crippen molar-refractivity contribution in [3.63, 3.8) is 0 Å². The zero-order valence-electron chi connectivity index (χ0n) is 8.47. The van der Waals surface area contributed by atoms with Crippen molar-refractivity contribution >= 4 is 5.91 Å². The lowest BCUT2D eigenvalue weighted by Gasteiger charge is -2.20. The quantitative estimate of drug-likeness (QED) is 0.598. The number of rotatable bonds is 6. The van der Waals surface area contributed by atoms with Crippen molar-refractivity contribution in [2.24, 2.45) is 0 Å². The number of amides is 1. The summed E-state index contributed by atoms with van der Waals surface area (Å²) in [6.07, 6.45) is 4.68.